The minimum atomic E-state index is 0.611. The van der Waals surface area contributed by atoms with E-state index >= 15 is 0 Å². The first-order chi connectivity index (χ1) is 27.2. The lowest BCUT2D eigenvalue weighted by atomic mass is 9.91. The van der Waals surface area contributed by atoms with E-state index < -0.39 is 0 Å². The number of oxazole rings is 1. The van der Waals surface area contributed by atoms with Gasteiger partial charge in [0.25, 0.3) is 0 Å². The highest BCUT2D eigenvalue weighted by Crippen LogP contribution is 2.40. The number of nitrogens with zero attached hydrogens (tertiary/aromatic N) is 4. The quantitative estimate of drug-likeness (QED) is 0.167. The van der Waals surface area contributed by atoms with E-state index in [4.69, 9.17) is 19.4 Å². The van der Waals surface area contributed by atoms with E-state index in [0.717, 1.165) is 83.0 Å². The molecule has 0 atom stereocenters. The molecule has 5 nitrogen and oxygen atoms in total. The minimum absolute atomic E-state index is 0.611. The summed E-state index contributed by atoms with van der Waals surface area (Å²) < 4.78 is 6.30. The molecule has 0 saturated carbocycles. The van der Waals surface area contributed by atoms with E-state index in [-0.39, 0.29) is 0 Å². The molecule has 0 saturated heterocycles. The molecule has 11 rings (SSSR count). The van der Waals surface area contributed by atoms with Crippen LogP contribution in [0, 0.1) is 0 Å². The molecule has 4 heterocycles. The fraction of sp³-hybridized carbons (Fsp3) is 0. The summed E-state index contributed by atoms with van der Waals surface area (Å²) in [6.45, 7) is 0. The molecule has 0 N–H and O–H groups in total. The zero-order chi connectivity index (χ0) is 36.3. The van der Waals surface area contributed by atoms with Crippen molar-refractivity contribution >= 4 is 54.5 Å². The molecule has 0 spiro atoms. The highest BCUT2D eigenvalue weighted by molar-refractivity contribution is 6.20. The van der Waals surface area contributed by atoms with Crippen molar-refractivity contribution in [2.45, 2.75) is 0 Å². The van der Waals surface area contributed by atoms with Gasteiger partial charge in [-0.05, 0) is 87.6 Å². The van der Waals surface area contributed by atoms with Gasteiger partial charge in [-0.3, -0.25) is 4.98 Å². The summed E-state index contributed by atoms with van der Waals surface area (Å²) in [5, 5.41) is 6.63. The number of para-hydroxylation sites is 1. The van der Waals surface area contributed by atoms with Crippen LogP contribution in [0.15, 0.2) is 187 Å². The average molecular weight is 703 g/mol. The zero-order valence-electron chi connectivity index (χ0n) is 29.5. The van der Waals surface area contributed by atoms with Crippen molar-refractivity contribution in [2.24, 2.45) is 0 Å². The highest BCUT2D eigenvalue weighted by Gasteiger charge is 2.18. The second-order valence-corrected chi connectivity index (χ2v) is 13.8. The predicted molar refractivity (Wildman–Crippen MR) is 225 cm³/mol. The second-order valence-electron chi connectivity index (χ2n) is 13.8. The second kappa shape index (κ2) is 12.6. The Kier molecular flexibility index (Phi) is 7.10. The van der Waals surface area contributed by atoms with Crippen LogP contribution in [0.2, 0.25) is 0 Å². The smallest absolute Gasteiger partial charge is 0.227 e. The summed E-state index contributed by atoms with van der Waals surface area (Å²) in [5.74, 6) is 0.611. The van der Waals surface area contributed by atoms with Crippen molar-refractivity contribution in [3.05, 3.63) is 182 Å². The number of rotatable bonds is 5. The van der Waals surface area contributed by atoms with Gasteiger partial charge >= 0.3 is 0 Å². The van der Waals surface area contributed by atoms with Crippen LogP contribution in [-0.2, 0) is 0 Å². The molecule has 11 aromatic rings. The van der Waals surface area contributed by atoms with Gasteiger partial charge in [-0.15, -0.1) is 0 Å². The van der Waals surface area contributed by atoms with Crippen LogP contribution in [0.5, 0.6) is 0 Å². The maximum absolute atomic E-state index is 6.30. The Labute approximate surface area is 316 Å². The number of hydrogen-bond acceptors (Lipinski definition) is 5. The Hall–Kier alpha value is -7.50. The SMILES string of the molecule is c1ccc(-c2nc3c(ccc4c(-c5ccc(-c6ccc(-c7ccc8ccc(-c9ccccn9)nc8c7)c7ccccc67)cc5)nc5ccccc5c43)o2)cc1. The number of aromatic nitrogens is 4. The molecule has 0 aliphatic carbocycles. The molecule has 4 aromatic heterocycles. The van der Waals surface area contributed by atoms with E-state index in [1.807, 2.05) is 66.7 Å². The fourth-order valence-corrected chi connectivity index (χ4v) is 7.90. The summed E-state index contributed by atoms with van der Waals surface area (Å²) in [7, 11) is 0. The van der Waals surface area contributed by atoms with E-state index in [1.165, 1.54) is 21.9 Å². The monoisotopic (exact) mass is 702 g/mol. The van der Waals surface area contributed by atoms with Gasteiger partial charge in [0.15, 0.2) is 5.58 Å². The van der Waals surface area contributed by atoms with Gasteiger partial charge in [-0.25, -0.2) is 15.0 Å². The molecule has 0 bridgehead atoms. The molecule has 0 aliphatic rings. The van der Waals surface area contributed by atoms with Gasteiger partial charge < -0.3 is 4.42 Å². The van der Waals surface area contributed by atoms with Crippen LogP contribution < -0.4 is 0 Å². The Morgan fingerprint density at radius 2 is 1.09 bits per heavy atom. The summed E-state index contributed by atoms with van der Waals surface area (Å²) in [6.07, 6.45) is 1.80. The molecule has 0 unspecified atom stereocenters. The Morgan fingerprint density at radius 1 is 0.400 bits per heavy atom. The summed E-state index contributed by atoms with van der Waals surface area (Å²) in [5.41, 5.74) is 12.7. The van der Waals surface area contributed by atoms with Gasteiger partial charge in [-0.2, -0.15) is 0 Å². The first kappa shape index (κ1) is 31.1. The predicted octanol–water partition coefficient (Wildman–Crippen LogP) is 13.0. The van der Waals surface area contributed by atoms with Crippen LogP contribution in [0.3, 0.4) is 0 Å². The normalized spacial score (nSPS) is 11.6. The summed E-state index contributed by atoms with van der Waals surface area (Å²) >= 11 is 0. The molecule has 55 heavy (non-hydrogen) atoms. The minimum Gasteiger partial charge on any atom is -0.436 e. The average Bonchev–Trinajstić information content (AvgIpc) is 3.71. The first-order valence-corrected chi connectivity index (χ1v) is 18.4. The van der Waals surface area contributed by atoms with E-state index in [2.05, 4.69) is 114 Å². The molecule has 0 aliphatic heterocycles. The maximum Gasteiger partial charge on any atom is 0.227 e. The standard InChI is InChI=1S/C50H30N4O/c1-2-10-34(11-3-1)50-54-49-46(55-50)28-26-41-47(49)40-14-6-7-15-42(40)53-48(41)33-20-17-31(18-21-33)36-24-25-37(39-13-5-4-12-38(36)39)35-22-19-32-23-27-44(52-45(32)30-35)43-16-8-9-29-51-43/h1-30H. The number of fused-ring (bicyclic) bond motifs is 7. The first-order valence-electron chi connectivity index (χ1n) is 18.4. The Bertz CT molecular complexity index is 3250. The van der Waals surface area contributed by atoms with Gasteiger partial charge in [-0.1, -0.05) is 121 Å². The van der Waals surface area contributed by atoms with Gasteiger partial charge in [0.1, 0.15) is 5.52 Å². The van der Waals surface area contributed by atoms with Crippen molar-refractivity contribution in [3.8, 4) is 56.4 Å². The largest absolute Gasteiger partial charge is 0.436 e. The molecule has 5 heteroatoms. The molecular weight excluding hydrogens is 673 g/mol. The summed E-state index contributed by atoms with van der Waals surface area (Å²) in [6, 6.07) is 61.0. The van der Waals surface area contributed by atoms with Gasteiger partial charge in [0.2, 0.25) is 5.89 Å². The van der Waals surface area contributed by atoms with Crippen molar-refractivity contribution in [3.63, 3.8) is 0 Å². The lowest BCUT2D eigenvalue weighted by molar-refractivity contribution is 0.620. The topological polar surface area (TPSA) is 64.7 Å². The summed E-state index contributed by atoms with van der Waals surface area (Å²) in [4.78, 5) is 19.8. The van der Waals surface area contributed by atoms with E-state index in [0.29, 0.717) is 5.89 Å². The Balaban J connectivity index is 1.00. The van der Waals surface area contributed by atoms with Crippen molar-refractivity contribution < 1.29 is 4.42 Å². The highest BCUT2D eigenvalue weighted by atomic mass is 16.3. The third-order valence-electron chi connectivity index (χ3n) is 10.6. The fourth-order valence-electron chi connectivity index (χ4n) is 7.90. The van der Waals surface area contributed by atoms with E-state index in [1.54, 1.807) is 6.20 Å². The molecule has 0 fully saturated rings. The zero-order valence-corrected chi connectivity index (χ0v) is 29.5. The van der Waals surface area contributed by atoms with Crippen LogP contribution in [0.4, 0.5) is 0 Å². The van der Waals surface area contributed by atoms with Gasteiger partial charge in [0.05, 0.1) is 28.1 Å². The van der Waals surface area contributed by atoms with E-state index in [9.17, 15) is 0 Å². The van der Waals surface area contributed by atoms with Crippen molar-refractivity contribution in [1.29, 1.82) is 0 Å². The molecule has 0 amide bonds. The van der Waals surface area contributed by atoms with Crippen LogP contribution in [0.25, 0.3) is 111 Å². The number of benzene rings is 7. The lowest BCUT2D eigenvalue weighted by Crippen LogP contribution is -1.91. The number of pyridine rings is 3. The molecule has 256 valence electrons. The van der Waals surface area contributed by atoms with Crippen LogP contribution in [-0.4, -0.2) is 19.9 Å². The number of hydrogen-bond donors (Lipinski definition) is 0. The molecular formula is C50H30N4O. The van der Waals surface area contributed by atoms with Crippen LogP contribution in [0.1, 0.15) is 0 Å². The van der Waals surface area contributed by atoms with Crippen molar-refractivity contribution in [1.82, 2.24) is 19.9 Å². The van der Waals surface area contributed by atoms with Crippen molar-refractivity contribution in [2.75, 3.05) is 0 Å². The third-order valence-corrected chi connectivity index (χ3v) is 10.6. The third kappa shape index (κ3) is 5.24. The maximum atomic E-state index is 6.30. The van der Waals surface area contributed by atoms with Crippen LogP contribution >= 0.6 is 0 Å². The molecule has 0 radical (unpaired) electrons. The van der Waals surface area contributed by atoms with Gasteiger partial charge in [0, 0.05) is 38.9 Å². The Morgan fingerprint density at radius 3 is 1.89 bits per heavy atom. The molecule has 7 aromatic carbocycles. The lowest BCUT2D eigenvalue weighted by Gasteiger charge is -2.14.